The Kier molecular flexibility index (Phi) is 5.03. The molecule has 0 unspecified atom stereocenters. The predicted octanol–water partition coefficient (Wildman–Crippen LogP) is 0.902. The van der Waals surface area contributed by atoms with Gasteiger partial charge < -0.3 is 9.84 Å². The molecule has 0 aromatic heterocycles. The van der Waals surface area contributed by atoms with E-state index in [0.717, 1.165) is 4.90 Å². The number of amides is 2. The lowest BCUT2D eigenvalue weighted by atomic mass is 9.95. The van der Waals surface area contributed by atoms with Crippen LogP contribution in [0.1, 0.15) is 29.6 Å². The number of rotatable bonds is 4. The molecule has 0 aliphatic carbocycles. The number of carboxylic acid groups (broad SMARTS) is 1. The summed E-state index contributed by atoms with van der Waals surface area (Å²) < 4.78 is 4.76. The van der Waals surface area contributed by atoms with E-state index in [1.165, 1.54) is 31.4 Å². The van der Waals surface area contributed by atoms with Gasteiger partial charge in [-0.05, 0) is 50.2 Å². The quantitative estimate of drug-likeness (QED) is 0.628. The van der Waals surface area contributed by atoms with Gasteiger partial charge in [0, 0.05) is 0 Å². The zero-order valence-corrected chi connectivity index (χ0v) is 14.4. The Balaban J connectivity index is 1.69. The second-order valence-corrected chi connectivity index (χ2v) is 6.47. The minimum atomic E-state index is -1.07. The lowest BCUT2D eigenvalue weighted by molar-refractivity contribution is -0.147. The highest BCUT2D eigenvalue weighted by atomic mass is 16.5. The van der Waals surface area contributed by atoms with Crippen molar-refractivity contribution >= 4 is 29.4 Å². The molecular formula is C18H20N2O6. The van der Waals surface area contributed by atoms with Crippen LogP contribution in [-0.4, -0.2) is 60.0 Å². The topological polar surface area (TPSA) is 104 Å². The number of ether oxygens (including phenoxy) is 1. The number of carbonyl (C=O) groups is 4. The van der Waals surface area contributed by atoms with Crippen molar-refractivity contribution in [2.75, 3.05) is 25.1 Å². The third-order valence-electron chi connectivity index (χ3n) is 5.00. The maximum absolute atomic E-state index is 12.8. The number of piperidine rings is 1. The van der Waals surface area contributed by atoms with Gasteiger partial charge in [0.25, 0.3) is 5.91 Å². The number of aromatic carboxylic acids is 1. The number of nitrogens with zero attached hydrogens (tertiary/aromatic N) is 2. The van der Waals surface area contributed by atoms with Crippen LogP contribution in [0.4, 0.5) is 5.69 Å². The molecule has 2 fully saturated rings. The molecule has 0 bridgehead atoms. The van der Waals surface area contributed by atoms with Crippen molar-refractivity contribution in [1.82, 2.24) is 4.90 Å². The molecule has 2 heterocycles. The minimum absolute atomic E-state index is 0.0857. The van der Waals surface area contributed by atoms with Gasteiger partial charge >= 0.3 is 11.9 Å². The second kappa shape index (κ2) is 7.25. The molecule has 2 amide bonds. The Morgan fingerprint density at radius 3 is 2.27 bits per heavy atom. The third-order valence-corrected chi connectivity index (χ3v) is 5.00. The van der Waals surface area contributed by atoms with Crippen LogP contribution in [0, 0.1) is 5.92 Å². The summed E-state index contributed by atoms with van der Waals surface area (Å²) >= 11 is 0. The van der Waals surface area contributed by atoms with Crippen molar-refractivity contribution < 1.29 is 29.0 Å². The van der Waals surface area contributed by atoms with Crippen molar-refractivity contribution in [1.29, 1.82) is 0 Å². The molecule has 1 aromatic carbocycles. The van der Waals surface area contributed by atoms with Gasteiger partial charge in [-0.1, -0.05) is 0 Å². The highest BCUT2D eigenvalue weighted by Gasteiger charge is 2.44. The van der Waals surface area contributed by atoms with Gasteiger partial charge in [-0.2, -0.15) is 0 Å². The van der Waals surface area contributed by atoms with Crippen molar-refractivity contribution in [3.8, 4) is 0 Å². The summed E-state index contributed by atoms with van der Waals surface area (Å²) in [7, 11) is 1.36. The van der Waals surface area contributed by atoms with Crippen LogP contribution >= 0.6 is 0 Å². The van der Waals surface area contributed by atoms with E-state index in [9.17, 15) is 19.2 Å². The first-order chi connectivity index (χ1) is 12.4. The van der Waals surface area contributed by atoms with E-state index in [4.69, 9.17) is 9.84 Å². The number of anilines is 1. The van der Waals surface area contributed by atoms with E-state index in [1.54, 1.807) is 0 Å². The highest BCUT2D eigenvalue weighted by Crippen LogP contribution is 2.29. The number of carboxylic acids is 1. The minimum Gasteiger partial charge on any atom is -0.478 e. The van der Waals surface area contributed by atoms with Crippen LogP contribution in [-0.2, 0) is 19.1 Å². The van der Waals surface area contributed by atoms with E-state index in [2.05, 4.69) is 0 Å². The summed E-state index contributed by atoms with van der Waals surface area (Å²) in [5, 5.41) is 8.95. The summed E-state index contributed by atoms with van der Waals surface area (Å²) in [5.41, 5.74) is 0.464. The van der Waals surface area contributed by atoms with Crippen LogP contribution in [0.15, 0.2) is 24.3 Å². The van der Waals surface area contributed by atoms with Gasteiger partial charge in [-0.25, -0.2) is 9.69 Å². The molecule has 2 aliphatic heterocycles. The Hall–Kier alpha value is -2.74. The van der Waals surface area contributed by atoms with Crippen LogP contribution < -0.4 is 4.90 Å². The highest BCUT2D eigenvalue weighted by molar-refractivity contribution is 6.22. The lowest BCUT2D eigenvalue weighted by Crippen LogP contribution is -2.46. The summed E-state index contributed by atoms with van der Waals surface area (Å²) in [6, 6.07) is 5.12. The number of hydrogen-bond acceptors (Lipinski definition) is 6. The van der Waals surface area contributed by atoms with E-state index in [-0.39, 0.29) is 35.7 Å². The first-order valence-electron chi connectivity index (χ1n) is 8.44. The number of benzene rings is 1. The number of methoxy groups -OCH3 is 1. The third kappa shape index (κ3) is 3.32. The molecule has 0 saturated carbocycles. The van der Waals surface area contributed by atoms with Gasteiger partial charge in [0.05, 0.1) is 36.7 Å². The average Bonchev–Trinajstić information content (AvgIpc) is 2.95. The second-order valence-electron chi connectivity index (χ2n) is 6.47. The predicted molar refractivity (Wildman–Crippen MR) is 90.6 cm³/mol. The van der Waals surface area contributed by atoms with Crippen molar-refractivity contribution in [3.05, 3.63) is 29.8 Å². The Morgan fingerprint density at radius 2 is 1.73 bits per heavy atom. The van der Waals surface area contributed by atoms with Crippen molar-refractivity contribution in [3.63, 3.8) is 0 Å². The zero-order chi connectivity index (χ0) is 18.8. The Morgan fingerprint density at radius 1 is 1.12 bits per heavy atom. The van der Waals surface area contributed by atoms with Crippen LogP contribution in [0.5, 0.6) is 0 Å². The molecule has 0 spiro atoms. The van der Waals surface area contributed by atoms with E-state index in [1.807, 2.05) is 4.90 Å². The van der Waals surface area contributed by atoms with Crippen molar-refractivity contribution in [2.24, 2.45) is 5.92 Å². The molecular weight excluding hydrogens is 340 g/mol. The molecule has 1 N–H and O–H groups in total. The molecule has 26 heavy (non-hydrogen) atoms. The molecule has 138 valence electrons. The number of hydrogen-bond donors (Lipinski definition) is 1. The smallest absolute Gasteiger partial charge is 0.335 e. The summed E-state index contributed by atoms with van der Waals surface area (Å²) in [5.74, 6) is -2.09. The maximum atomic E-state index is 12.8. The van der Waals surface area contributed by atoms with Gasteiger partial charge in [-0.3, -0.25) is 19.3 Å². The van der Waals surface area contributed by atoms with Gasteiger partial charge in [0.1, 0.15) is 0 Å². The first kappa shape index (κ1) is 18.1. The SMILES string of the molecule is COC(=O)C1CCN([C@@H]2CC(=O)N(c3ccc(C(=O)O)cc3)C2=O)CC1. The van der Waals surface area contributed by atoms with E-state index < -0.39 is 12.0 Å². The average molecular weight is 360 g/mol. The number of carbonyl (C=O) groups excluding carboxylic acids is 3. The Labute approximate surface area is 150 Å². The zero-order valence-electron chi connectivity index (χ0n) is 14.4. The summed E-state index contributed by atoms with van der Waals surface area (Å²) in [6.07, 6.45) is 1.28. The fourth-order valence-corrected chi connectivity index (χ4v) is 3.54. The molecule has 1 aromatic rings. The maximum Gasteiger partial charge on any atom is 0.335 e. The van der Waals surface area contributed by atoms with E-state index >= 15 is 0 Å². The lowest BCUT2D eigenvalue weighted by Gasteiger charge is -2.33. The van der Waals surface area contributed by atoms with Gasteiger partial charge in [0.2, 0.25) is 5.91 Å². The van der Waals surface area contributed by atoms with Crippen LogP contribution in [0.2, 0.25) is 0 Å². The van der Waals surface area contributed by atoms with Gasteiger partial charge in [-0.15, -0.1) is 0 Å². The fourth-order valence-electron chi connectivity index (χ4n) is 3.54. The molecule has 2 saturated heterocycles. The molecule has 8 heteroatoms. The summed E-state index contributed by atoms with van der Waals surface area (Å²) in [6.45, 7) is 1.10. The number of imide groups is 1. The normalized spacial score (nSPS) is 21.9. The van der Waals surface area contributed by atoms with Gasteiger partial charge in [0.15, 0.2) is 0 Å². The van der Waals surface area contributed by atoms with Crippen LogP contribution in [0.3, 0.4) is 0 Å². The molecule has 2 aliphatic rings. The van der Waals surface area contributed by atoms with E-state index in [0.29, 0.717) is 31.6 Å². The van der Waals surface area contributed by atoms with Crippen LogP contribution in [0.25, 0.3) is 0 Å². The standard InChI is InChI=1S/C18H20N2O6/c1-26-18(25)12-6-8-19(9-7-12)14-10-15(21)20(16(14)22)13-4-2-11(3-5-13)17(23)24/h2-5,12,14H,6-10H2,1H3,(H,23,24)/t14-/m1/s1. The first-order valence-corrected chi connectivity index (χ1v) is 8.44. The largest absolute Gasteiger partial charge is 0.478 e. The Bertz CT molecular complexity index is 737. The van der Waals surface area contributed by atoms with Crippen molar-refractivity contribution in [2.45, 2.75) is 25.3 Å². The molecule has 8 nitrogen and oxygen atoms in total. The molecule has 3 rings (SSSR count). The summed E-state index contributed by atoms with van der Waals surface area (Å²) in [4.78, 5) is 50.7. The molecule has 0 radical (unpaired) electrons. The fraction of sp³-hybridized carbons (Fsp3) is 0.444. The molecule has 1 atom stereocenters. The number of esters is 1. The number of likely N-dealkylation sites (tertiary alicyclic amines) is 1. The monoisotopic (exact) mass is 360 g/mol.